The lowest BCUT2D eigenvalue weighted by Gasteiger charge is -2.26. The first kappa shape index (κ1) is 46.2. The summed E-state index contributed by atoms with van der Waals surface area (Å²) in [5, 5.41) is 22.5. The lowest BCUT2D eigenvalue weighted by atomic mass is 9.89. The van der Waals surface area contributed by atoms with Gasteiger partial charge in [0.05, 0.1) is 18.0 Å². The number of halogens is 3. The molecule has 0 aliphatic carbocycles. The third-order valence-electron chi connectivity index (χ3n) is 10.3. The smallest absolute Gasteiger partial charge is 0.416 e. The molecule has 0 fully saturated rings. The van der Waals surface area contributed by atoms with Crippen LogP contribution in [0.3, 0.4) is 0 Å². The number of hydrogen-bond donors (Lipinski definition) is 6. The number of carboxylic acids is 1. The minimum atomic E-state index is -4.63. The van der Waals surface area contributed by atoms with Crippen LogP contribution in [0.2, 0.25) is 0 Å². The lowest BCUT2D eigenvalue weighted by Crippen LogP contribution is -2.57. The van der Waals surface area contributed by atoms with E-state index in [1.54, 1.807) is 54.6 Å². The van der Waals surface area contributed by atoms with Crippen LogP contribution in [0.4, 0.5) is 18.9 Å². The van der Waals surface area contributed by atoms with Gasteiger partial charge in [0.15, 0.2) is 5.78 Å². The van der Waals surface area contributed by atoms with Gasteiger partial charge in [0.2, 0.25) is 29.5 Å². The standard InChI is InChI=1S/C46H48F3N5O8/c47-46(48,49)34-16-11-32(12-17-34)27-38-45(62)53-37(26-30-9-5-2-6-10-30)39(55)28-33(43(60)50-24-23-42(58)59)25-31-13-18-35(19-14-31)51-40(56)21-22-41(57)52-36(44(61)54-38)20-15-29-7-3-1-4-8-29/h1-14,16-19,33,36-38H,15,20-28H2,(H,50,60)(H,51,56)(H,52,57)(H,53,62)(H,54,61)(H,58,59)/t33-,36+,37+,38-/m0/s1. The fourth-order valence-electron chi connectivity index (χ4n) is 6.94. The van der Waals surface area contributed by atoms with Crippen molar-refractivity contribution in [2.75, 3.05) is 11.9 Å². The van der Waals surface area contributed by atoms with Gasteiger partial charge >= 0.3 is 12.1 Å². The van der Waals surface area contributed by atoms with Crippen molar-refractivity contribution < 1.29 is 51.8 Å². The van der Waals surface area contributed by atoms with E-state index >= 15 is 0 Å². The number of aryl methyl sites for hydroxylation is 1. The molecule has 0 aromatic heterocycles. The third-order valence-corrected chi connectivity index (χ3v) is 10.3. The number of amides is 5. The first-order valence-electron chi connectivity index (χ1n) is 20.2. The number of rotatable bonds is 11. The average molecular weight is 856 g/mol. The van der Waals surface area contributed by atoms with E-state index in [-0.39, 0.29) is 57.1 Å². The van der Waals surface area contributed by atoms with Gasteiger partial charge in [-0.25, -0.2) is 0 Å². The normalized spacial score (nSPS) is 19.6. The highest BCUT2D eigenvalue weighted by Gasteiger charge is 2.34. The number of carboxylic acid groups (broad SMARTS) is 1. The average Bonchev–Trinajstić information content (AvgIpc) is 3.24. The number of nitrogens with one attached hydrogen (secondary N) is 5. The molecule has 2 bridgehead atoms. The summed E-state index contributed by atoms with van der Waals surface area (Å²) in [6.45, 7) is -0.205. The van der Waals surface area contributed by atoms with Crippen LogP contribution in [0.15, 0.2) is 109 Å². The van der Waals surface area contributed by atoms with Crippen molar-refractivity contribution in [3.8, 4) is 0 Å². The first-order valence-corrected chi connectivity index (χ1v) is 20.2. The molecule has 13 nitrogen and oxygen atoms in total. The van der Waals surface area contributed by atoms with Crippen molar-refractivity contribution in [1.82, 2.24) is 21.3 Å². The van der Waals surface area contributed by atoms with Crippen molar-refractivity contribution in [3.05, 3.63) is 137 Å². The number of carbonyl (C=O) groups excluding carboxylic acids is 6. The van der Waals surface area contributed by atoms with Gasteiger partial charge in [-0.05, 0) is 72.2 Å². The first-order chi connectivity index (χ1) is 29.6. The Balaban J connectivity index is 1.52. The van der Waals surface area contributed by atoms with Gasteiger partial charge in [0.1, 0.15) is 12.1 Å². The lowest BCUT2D eigenvalue weighted by molar-refractivity contribution is -0.138. The Hall–Kier alpha value is -6.84. The maximum atomic E-state index is 14.4. The summed E-state index contributed by atoms with van der Waals surface area (Å²) in [5.74, 6) is -6.12. The minimum Gasteiger partial charge on any atom is -0.481 e. The van der Waals surface area contributed by atoms with E-state index in [9.17, 15) is 46.7 Å². The second-order valence-electron chi connectivity index (χ2n) is 15.1. The van der Waals surface area contributed by atoms with Crippen LogP contribution in [0.25, 0.3) is 0 Å². The molecule has 4 atom stereocenters. The second kappa shape index (κ2) is 22.1. The van der Waals surface area contributed by atoms with E-state index in [1.165, 1.54) is 12.1 Å². The molecular weight excluding hydrogens is 808 g/mol. The van der Waals surface area contributed by atoms with Crippen LogP contribution < -0.4 is 26.6 Å². The molecule has 4 aromatic carbocycles. The number of alkyl halides is 3. The van der Waals surface area contributed by atoms with Crippen molar-refractivity contribution in [3.63, 3.8) is 0 Å². The van der Waals surface area contributed by atoms with E-state index in [0.29, 0.717) is 23.2 Å². The van der Waals surface area contributed by atoms with Gasteiger partial charge in [-0.15, -0.1) is 0 Å². The number of hydrogen-bond acceptors (Lipinski definition) is 7. The SMILES string of the molecule is O=C(O)CCNC(=O)[C@@H]1CC(=O)[C@@H](Cc2ccccc2)NC(=O)[C@H](Cc2ccc(C(F)(F)F)cc2)NC(=O)[C@@H](CCc2ccccc2)NC(=O)CCC(=O)Nc2ccc(cc2)C1. The second-order valence-corrected chi connectivity index (χ2v) is 15.1. The van der Waals surface area contributed by atoms with Crippen LogP contribution in [-0.2, 0) is 65.4 Å². The Morgan fingerprint density at radius 1 is 0.645 bits per heavy atom. The Morgan fingerprint density at radius 3 is 1.84 bits per heavy atom. The number of fused-ring (bicyclic) bond motifs is 18. The van der Waals surface area contributed by atoms with E-state index in [0.717, 1.165) is 17.7 Å². The summed E-state index contributed by atoms with van der Waals surface area (Å²) in [5.41, 5.74) is 1.80. The number of ketones is 1. The Kier molecular flexibility index (Phi) is 16.5. The van der Waals surface area contributed by atoms with Gasteiger partial charge in [-0.3, -0.25) is 33.6 Å². The molecule has 2 heterocycles. The molecule has 2 aliphatic rings. The molecule has 326 valence electrons. The minimum absolute atomic E-state index is 0.0159. The summed E-state index contributed by atoms with van der Waals surface area (Å²) in [6.07, 6.45) is -5.89. The van der Waals surface area contributed by atoms with Gasteiger partial charge in [0, 0.05) is 43.8 Å². The van der Waals surface area contributed by atoms with Gasteiger partial charge < -0.3 is 31.7 Å². The molecule has 4 aromatic rings. The quantitative estimate of drug-likeness (QED) is 0.117. The Morgan fingerprint density at radius 2 is 1.21 bits per heavy atom. The summed E-state index contributed by atoms with van der Waals surface area (Å²) in [7, 11) is 0. The zero-order chi connectivity index (χ0) is 44.6. The van der Waals surface area contributed by atoms with Crippen LogP contribution in [0, 0.1) is 5.92 Å². The van der Waals surface area contributed by atoms with Crippen LogP contribution in [0.5, 0.6) is 0 Å². The zero-order valence-electron chi connectivity index (χ0n) is 33.7. The zero-order valence-corrected chi connectivity index (χ0v) is 33.7. The van der Waals surface area contributed by atoms with Gasteiger partial charge in [-0.2, -0.15) is 13.2 Å². The van der Waals surface area contributed by atoms with E-state index in [4.69, 9.17) is 5.11 Å². The van der Waals surface area contributed by atoms with Crippen molar-refractivity contribution in [2.24, 2.45) is 5.92 Å². The molecule has 0 saturated heterocycles. The number of benzene rings is 4. The van der Waals surface area contributed by atoms with Gasteiger partial charge in [0.25, 0.3) is 0 Å². The topological polar surface area (TPSA) is 200 Å². The Labute approximate surface area is 356 Å². The maximum Gasteiger partial charge on any atom is 0.416 e. The predicted octanol–water partition coefficient (Wildman–Crippen LogP) is 4.72. The predicted molar refractivity (Wildman–Crippen MR) is 222 cm³/mol. The number of carbonyl (C=O) groups is 7. The van der Waals surface area contributed by atoms with Crippen molar-refractivity contribution in [1.29, 1.82) is 0 Å². The molecule has 62 heavy (non-hydrogen) atoms. The van der Waals surface area contributed by atoms with Crippen molar-refractivity contribution in [2.45, 2.75) is 82.1 Å². The summed E-state index contributed by atoms with van der Waals surface area (Å²) >= 11 is 0. The molecule has 6 rings (SSSR count). The molecule has 0 radical (unpaired) electrons. The molecule has 6 N–H and O–H groups in total. The molecule has 16 heteroatoms. The van der Waals surface area contributed by atoms with E-state index in [2.05, 4.69) is 26.6 Å². The summed E-state index contributed by atoms with van der Waals surface area (Å²) < 4.78 is 40.4. The summed E-state index contributed by atoms with van der Waals surface area (Å²) in [6, 6.07) is 24.3. The monoisotopic (exact) mass is 855 g/mol. The van der Waals surface area contributed by atoms with Crippen LogP contribution in [-0.4, -0.2) is 71.1 Å². The summed E-state index contributed by atoms with van der Waals surface area (Å²) in [4.78, 5) is 93.9. The third kappa shape index (κ3) is 14.7. The largest absolute Gasteiger partial charge is 0.481 e. The molecule has 5 amide bonds. The molecule has 0 spiro atoms. The van der Waals surface area contributed by atoms with E-state index < -0.39 is 83.5 Å². The van der Waals surface area contributed by atoms with E-state index in [1.807, 2.05) is 30.3 Å². The molecule has 2 aliphatic heterocycles. The molecule has 0 unspecified atom stereocenters. The highest BCUT2D eigenvalue weighted by atomic mass is 19.4. The Bertz CT molecular complexity index is 2190. The number of anilines is 1. The fourth-order valence-corrected chi connectivity index (χ4v) is 6.94. The maximum absolute atomic E-state index is 14.4. The van der Waals surface area contributed by atoms with Crippen LogP contribution in [0.1, 0.15) is 59.9 Å². The van der Waals surface area contributed by atoms with Gasteiger partial charge in [-0.1, -0.05) is 84.9 Å². The highest BCUT2D eigenvalue weighted by molar-refractivity contribution is 5.97. The fraction of sp³-hybridized carbons (Fsp3) is 0.326. The number of aliphatic carboxylic acids is 1. The highest BCUT2D eigenvalue weighted by Crippen LogP contribution is 2.29. The number of Topliss-reactive ketones (excluding diaryl/α,β-unsaturated/α-hetero) is 1. The molecule has 0 saturated carbocycles. The molecular formula is C46H48F3N5O8. The van der Waals surface area contributed by atoms with Crippen molar-refractivity contribution >= 4 is 47.0 Å². The van der Waals surface area contributed by atoms with Crippen LogP contribution >= 0.6 is 0 Å².